The highest BCUT2D eigenvalue weighted by atomic mass is 79.9. The lowest BCUT2D eigenvalue weighted by molar-refractivity contribution is 0.304. The van der Waals surface area contributed by atoms with Crippen LogP contribution in [-0.2, 0) is 6.61 Å². The van der Waals surface area contributed by atoms with Crippen LogP contribution in [0.1, 0.15) is 15.6 Å². The summed E-state index contributed by atoms with van der Waals surface area (Å²) in [6.07, 6.45) is 0. The zero-order chi connectivity index (χ0) is 13.3. The van der Waals surface area contributed by atoms with Crippen LogP contribution in [0.2, 0.25) is 0 Å². The Morgan fingerprint density at radius 2 is 2.17 bits per heavy atom. The van der Waals surface area contributed by atoms with E-state index in [1.54, 1.807) is 11.3 Å². The molecule has 0 aliphatic carbocycles. The minimum atomic E-state index is -0.396. The molecule has 0 bridgehead atoms. The molecular formula is C12H12BrFN2OS. The number of nitrogens with two attached hydrogens (primary N) is 1. The van der Waals surface area contributed by atoms with Crippen molar-refractivity contribution in [2.75, 3.05) is 5.73 Å². The quantitative estimate of drug-likeness (QED) is 0.870. The number of hydrogen-bond acceptors (Lipinski definition) is 4. The van der Waals surface area contributed by atoms with E-state index in [2.05, 4.69) is 20.9 Å². The molecule has 2 aromatic rings. The van der Waals surface area contributed by atoms with Gasteiger partial charge in [0.15, 0.2) is 5.75 Å². The fourth-order valence-electron chi connectivity index (χ4n) is 1.47. The van der Waals surface area contributed by atoms with Crippen molar-refractivity contribution >= 4 is 33.0 Å². The molecule has 3 nitrogen and oxygen atoms in total. The van der Waals surface area contributed by atoms with Gasteiger partial charge in [-0.25, -0.2) is 9.37 Å². The predicted octanol–water partition coefficient (Wildman–Crippen LogP) is 3.82. The number of rotatable bonds is 3. The molecule has 2 rings (SSSR count). The van der Waals surface area contributed by atoms with Crippen LogP contribution in [0.4, 0.5) is 10.1 Å². The zero-order valence-electron chi connectivity index (χ0n) is 9.96. The molecule has 18 heavy (non-hydrogen) atoms. The van der Waals surface area contributed by atoms with E-state index in [-0.39, 0.29) is 5.69 Å². The number of ether oxygens (including phenoxy) is 1. The second-order valence-corrected chi connectivity index (χ2v) is 5.99. The largest absolute Gasteiger partial charge is 0.483 e. The molecule has 0 unspecified atom stereocenters. The van der Waals surface area contributed by atoms with Crippen LogP contribution >= 0.6 is 27.3 Å². The van der Waals surface area contributed by atoms with Crippen molar-refractivity contribution in [3.8, 4) is 5.75 Å². The average Bonchev–Trinajstić information content (AvgIpc) is 2.56. The summed E-state index contributed by atoms with van der Waals surface area (Å²) in [5.41, 5.74) is 6.98. The lowest BCUT2D eigenvalue weighted by Crippen LogP contribution is -2.00. The van der Waals surface area contributed by atoms with Crippen LogP contribution in [-0.4, -0.2) is 4.98 Å². The second kappa shape index (κ2) is 5.24. The van der Waals surface area contributed by atoms with Gasteiger partial charge >= 0.3 is 0 Å². The molecule has 0 spiro atoms. The number of hydrogen-bond donors (Lipinski definition) is 1. The Bertz CT molecular complexity index is 543. The Balaban J connectivity index is 2.15. The molecule has 1 heterocycles. The summed E-state index contributed by atoms with van der Waals surface area (Å²) in [5.74, 6) is 0.0505. The Morgan fingerprint density at radius 1 is 1.44 bits per heavy atom. The molecule has 0 atom stereocenters. The Labute approximate surface area is 117 Å². The van der Waals surface area contributed by atoms with Gasteiger partial charge in [0, 0.05) is 10.9 Å². The molecular weight excluding hydrogens is 319 g/mol. The highest BCUT2D eigenvalue weighted by Gasteiger charge is 2.10. The van der Waals surface area contributed by atoms with Crippen molar-refractivity contribution < 1.29 is 9.13 Å². The van der Waals surface area contributed by atoms with Gasteiger partial charge in [0.2, 0.25) is 0 Å². The van der Waals surface area contributed by atoms with Gasteiger partial charge in [-0.05, 0) is 35.8 Å². The fraction of sp³-hybridized carbons (Fsp3) is 0.250. The van der Waals surface area contributed by atoms with Crippen molar-refractivity contribution in [1.29, 1.82) is 0 Å². The van der Waals surface area contributed by atoms with Crippen LogP contribution in [0.25, 0.3) is 0 Å². The summed E-state index contributed by atoms with van der Waals surface area (Å²) >= 11 is 4.81. The standard InChI is InChI=1S/C12H12BrFN2OS/c1-6-7(2)18-11(16-6)5-17-12-9(13)3-8(14)4-10(12)15/h3-4H,5,15H2,1-2H3. The average molecular weight is 331 g/mol. The summed E-state index contributed by atoms with van der Waals surface area (Å²) in [7, 11) is 0. The predicted molar refractivity (Wildman–Crippen MR) is 74.4 cm³/mol. The van der Waals surface area contributed by atoms with Crippen molar-refractivity contribution in [3.63, 3.8) is 0 Å². The fourth-order valence-corrected chi connectivity index (χ4v) is 2.88. The van der Waals surface area contributed by atoms with Gasteiger partial charge in [0.05, 0.1) is 15.9 Å². The molecule has 1 aromatic heterocycles. The van der Waals surface area contributed by atoms with E-state index in [1.807, 2.05) is 13.8 Å². The first-order valence-corrected chi connectivity index (χ1v) is 6.88. The van der Waals surface area contributed by atoms with Gasteiger partial charge < -0.3 is 10.5 Å². The summed E-state index contributed by atoms with van der Waals surface area (Å²) < 4.78 is 19.1. The number of benzene rings is 1. The molecule has 0 aliphatic heterocycles. The highest BCUT2D eigenvalue weighted by Crippen LogP contribution is 2.33. The molecule has 1 aromatic carbocycles. The van der Waals surface area contributed by atoms with Gasteiger partial charge in [0.1, 0.15) is 17.4 Å². The molecule has 0 radical (unpaired) electrons. The monoisotopic (exact) mass is 330 g/mol. The van der Waals surface area contributed by atoms with Crippen molar-refractivity contribution in [2.24, 2.45) is 0 Å². The number of nitrogens with zero attached hydrogens (tertiary/aromatic N) is 1. The Kier molecular flexibility index (Phi) is 3.87. The molecule has 0 amide bonds. The number of anilines is 1. The van der Waals surface area contributed by atoms with Crippen LogP contribution in [0.15, 0.2) is 16.6 Å². The first-order chi connectivity index (χ1) is 8.47. The van der Waals surface area contributed by atoms with Crippen LogP contribution < -0.4 is 10.5 Å². The van der Waals surface area contributed by atoms with E-state index in [0.29, 0.717) is 16.8 Å². The molecule has 0 saturated carbocycles. The minimum Gasteiger partial charge on any atom is -0.483 e. The molecule has 2 N–H and O–H groups in total. The molecule has 0 saturated heterocycles. The summed E-state index contributed by atoms with van der Waals surface area (Å²) in [6.45, 7) is 4.30. The van der Waals surface area contributed by atoms with E-state index in [4.69, 9.17) is 10.5 Å². The van der Waals surface area contributed by atoms with Gasteiger partial charge in [-0.3, -0.25) is 0 Å². The number of aromatic nitrogens is 1. The third-order valence-electron chi connectivity index (χ3n) is 2.45. The normalized spacial score (nSPS) is 10.7. The maximum absolute atomic E-state index is 13.1. The van der Waals surface area contributed by atoms with Crippen LogP contribution in [0.5, 0.6) is 5.75 Å². The van der Waals surface area contributed by atoms with Crippen LogP contribution in [0, 0.1) is 19.7 Å². The van der Waals surface area contributed by atoms with E-state index >= 15 is 0 Å². The van der Waals surface area contributed by atoms with E-state index in [0.717, 1.165) is 10.7 Å². The van der Waals surface area contributed by atoms with Gasteiger partial charge in [0.25, 0.3) is 0 Å². The summed E-state index contributed by atoms with van der Waals surface area (Å²) in [6, 6.07) is 2.56. The van der Waals surface area contributed by atoms with E-state index in [1.165, 1.54) is 17.0 Å². The topological polar surface area (TPSA) is 48.1 Å². The molecule has 96 valence electrons. The number of halogens is 2. The number of aryl methyl sites for hydroxylation is 2. The Hall–Kier alpha value is -1.14. The van der Waals surface area contributed by atoms with Gasteiger partial charge in [-0.1, -0.05) is 0 Å². The minimum absolute atomic E-state index is 0.270. The smallest absolute Gasteiger partial charge is 0.157 e. The third kappa shape index (κ3) is 2.81. The SMILES string of the molecule is Cc1nc(COc2c(N)cc(F)cc2Br)sc1C. The lowest BCUT2D eigenvalue weighted by Gasteiger charge is -2.09. The summed E-state index contributed by atoms with van der Waals surface area (Å²) in [5, 5.41) is 0.876. The maximum atomic E-state index is 13.1. The van der Waals surface area contributed by atoms with Gasteiger partial charge in [-0.15, -0.1) is 11.3 Å². The van der Waals surface area contributed by atoms with Gasteiger partial charge in [-0.2, -0.15) is 0 Å². The van der Waals surface area contributed by atoms with Crippen molar-refractivity contribution in [2.45, 2.75) is 20.5 Å². The maximum Gasteiger partial charge on any atom is 0.157 e. The lowest BCUT2D eigenvalue weighted by atomic mass is 10.3. The van der Waals surface area contributed by atoms with Crippen molar-refractivity contribution in [3.05, 3.63) is 38.0 Å². The number of thiazole rings is 1. The van der Waals surface area contributed by atoms with Crippen LogP contribution in [0.3, 0.4) is 0 Å². The zero-order valence-corrected chi connectivity index (χ0v) is 12.4. The third-order valence-corrected chi connectivity index (χ3v) is 4.09. The first kappa shape index (κ1) is 13.3. The molecule has 6 heteroatoms. The van der Waals surface area contributed by atoms with Crippen molar-refractivity contribution in [1.82, 2.24) is 4.98 Å². The highest BCUT2D eigenvalue weighted by molar-refractivity contribution is 9.10. The molecule has 0 aliphatic rings. The number of nitrogen functional groups attached to an aromatic ring is 1. The second-order valence-electron chi connectivity index (χ2n) is 3.84. The Morgan fingerprint density at radius 3 is 2.72 bits per heavy atom. The summed E-state index contributed by atoms with van der Waals surface area (Å²) in [4.78, 5) is 5.53. The molecule has 0 fully saturated rings. The van der Waals surface area contributed by atoms with E-state index in [9.17, 15) is 4.39 Å². The van der Waals surface area contributed by atoms with E-state index < -0.39 is 5.82 Å². The first-order valence-electron chi connectivity index (χ1n) is 5.27.